The second-order valence-electron chi connectivity index (χ2n) is 3.09. The fourth-order valence-corrected chi connectivity index (χ4v) is 1.12. The molecular formula is C12H15NO3. The summed E-state index contributed by atoms with van der Waals surface area (Å²) in [5, 5.41) is 2.98. The quantitative estimate of drug-likeness (QED) is 0.604. The molecule has 0 atom stereocenters. The van der Waals surface area contributed by atoms with Crippen molar-refractivity contribution < 1.29 is 14.3 Å². The first kappa shape index (κ1) is 12.1. The van der Waals surface area contributed by atoms with Gasteiger partial charge in [0, 0.05) is 18.8 Å². The molecule has 0 aliphatic heterocycles. The standard InChI is InChI=1S/C12H15NO3/c1-15-11-5-3-10(4-6-11)9-13-8-7-12(14)16-2/h3-8,13H,9H2,1-2H3. The van der Waals surface area contributed by atoms with E-state index in [1.807, 2.05) is 24.3 Å². The molecule has 0 fully saturated rings. The van der Waals surface area contributed by atoms with Gasteiger partial charge < -0.3 is 14.8 Å². The fraction of sp³-hybridized carbons (Fsp3) is 0.250. The van der Waals surface area contributed by atoms with Gasteiger partial charge in [-0.05, 0) is 17.7 Å². The van der Waals surface area contributed by atoms with Gasteiger partial charge in [-0.2, -0.15) is 0 Å². The van der Waals surface area contributed by atoms with Crippen LogP contribution in [0.25, 0.3) is 0 Å². The third-order valence-electron chi connectivity index (χ3n) is 2.00. The zero-order valence-electron chi connectivity index (χ0n) is 9.40. The minimum absolute atomic E-state index is 0.373. The minimum atomic E-state index is -0.373. The number of nitrogens with one attached hydrogen (secondary N) is 1. The molecule has 0 saturated carbocycles. The molecule has 1 aromatic rings. The van der Waals surface area contributed by atoms with Crippen LogP contribution in [0.2, 0.25) is 0 Å². The molecule has 0 radical (unpaired) electrons. The Balaban J connectivity index is 2.37. The molecule has 0 amide bonds. The van der Waals surface area contributed by atoms with Crippen LogP contribution in [-0.4, -0.2) is 20.2 Å². The van der Waals surface area contributed by atoms with Crippen LogP contribution in [0.3, 0.4) is 0 Å². The molecule has 0 aliphatic carbocycles. The van der Waals surface area contributed by atoms with Crippen LogP contribution < -0.4 is 10.1 Å². The molecule has 16 heavy (non-hydrogen) atoms. The lowest BCUT2D eigenvalue weighted by atomic mass is 10.2. The average Bonchev–Trinajstić information content (AvgIpc) is 2.35. The number of hydrogen-bond donors (Lipinski definition) is 1. The second-order valence-corrected chi connectivity index (χ2v) is 3.09. The number of methoxy groups -OCH3 is 2. The smallest absolute Gasteiger partial charge is 0.331 e. The van der Waals surface area contributed by atoms with Gasteiger partial charge in [-0.3, -0.25) is 0 Å². The van der Waals surface area contributed by atoms with Crippen LogP contribution in [0, 0.1) is 0 Å². The summed E-state index contributed by atoms with van der Waals surface area (Å²) in [7, 11) is 2.97. The van der Waals surface area contributed by atoms with Crippen molar-refractivity contribution in [3.05, 3.63) is 42.1 Å². The highest BCUT2D eigenvalue weighted by Gasteiger charge is 1.93. The van der Waals surface area contributed by atoms with E-state index in [1.165, 1.54) is 13.2 Å². The van der Waals surface area contributed by atoms with Crippen molar-refractivity contribution in [1.29, 1.82) is 0 Å². The van der Waals surface area contributed by atoms with Crippen LogP contribution in [0.5, 0.6) is 5.75 Å². The summed E-state index contributed by atoms with van der Waals surface area (Å²) >= 11 is 0. The average molecular weight is 221 g/mol. The lowest BCUT2D eigenvalue weighted by Gasteiger charge is -2.03. The topological polar surface area (TPSA) is 47.6 Å². The minimum Gasteiger partial charge on any atom is -0.497 e. The van der Waals surface area contributed by atoms with E-state index in [0.29, 0.717) is 6.54 Å². The molecule has 1 rings (SSSR count). The number of carbonyl (C=O) groups excluding carboxylic acids is 1. The second kappa shape index (κ2) is 6.50. The number of hydrogen-bond acceptors (Lipinski definition) is 4. The summed E-state index contributed by atoms with van der Waals surface area (Å²) in [6, 6.07) is 7.69. The monoisotopic (exact) mass is 221 g/mol. The van der Waals surface area contributed by atoms with Crippen LogP contribution >= 0.6 is 0 Å². The first-order valence-corrected chi connectivity index (χ1v) is 4.87. The van der Waals surface area contributed by atoms with E-state index in [4.69, 9.17) is 4.74 Å². The van der Waals surface area contributed by atoms with Crippen molar-refractivity contribution in [3.8, 4) is 5.75 Å². The molecule has 0 unspecified atom stereocenters. The first-order chi connectivity index (χ1) is 7.76. The summed E-state index contributed by atoms with van der Waals surface area (Å²) < 4.78 is 9.50. The van der Waals surface area contributed by atoms with E-state index in [0.717, 1.165) is 11.3 Å². The third kappa shape index (κ3) is 4.04. The Morgan fingerprint density at radius 2 is 2.00 bits per heavy atom. The molecule has 4 heteroatoms. The molecule has 4 nitrogen and oxygen atoms in total. The highest BCUT2D eigenvalue weighted by molar-refractivity contribution is 5.81. The summed E-state index contributed by atoms with van der Waals surface area (Å²) in [5.74, 6) is 0.455. The number of rotatable bonds is 5. The molecule has 0 heterocycles. The van der Waals surface area contributed by atoms with E-state index in [2.05, 4.69) is 10.1 Å². The number of esters is 1. The van der Waals surface area contributed by atoms with Crippen molar-refractivity contribution in [2.45, 2.75) is 6.54 Å². The van der Waals surface area contributed by atoms with E-state index in [9.17, 15) is 4.79 Å². The van der Waals surface area contributed by atoms with E-state index in [-0.39, 0.29) is 5.97 Å². The van der Waals surface area contributed by atoms with Gasteiger partial charge in [-0.15, -0.1) is 0 Å². The summed E-state index contributed by atoms with van der Waals surface area (Å²) in [5.41, 5.74) is 1.11. The zero-order valence-corrected chi connectivity index (χ0v) is 9.40. The lowest BCUT2D eigenvalue weighted by Crippen LogP contribution is -2.06. The summed E-state index contributed by atoms with van der Waals surface area (Å²) in [4.78, 5) is 10.7. The van der Waals surface area contributed by atoms with Gasteiger partial charge in [0.25, 0.3) is 0 Å². The molecule has 0 aliphatic rings. The third-order valence-corrected chi connectivity index (χ3v) is 2.00. The van der Waals surface area contributed by atoms with Gasteiger partial charge in [0.1, 0.15) is 5.75 Å². The van der Waals surface area contributed by atoms with Crippen molar-refractivity contribution in [1.82, 2.24) is 5.32 Å². The van der Waals surface area contributed by atoms with Crippen molar-refractivity contribution in [3.63, 3.8) is 0 Å². The summed E-state index contributed by atoms with van der Waals surface area (Å²) in [6.45, 7) is 0.650. The first-order valence-electron chi connectivity index (χ1n) is 4.87. The van der Waals surface area contributed by atoms with Crippen LogP contribution in [0.4, 0.5) is 0 Å². The highest BCUT2D eigenvalue weighted by atomic mass is 16.5. The van der Waals surface area contributed by atoms with Gasteiger partial charge >= 0.3 is 5.97 Å². The lowest BCUT2D eigenvalue weighted by molar-refractivity contribution is -0.134. The maximum absolute atomic E-state index is 10.7. The van der Waals surface area contributed by atoms with Crippen LogP contribution in [-0.2, 0) is 16.1 Å². The Hall–Kier alpha value is -1.97. The van der Waals surface area contributed by atoms with E-state index >= 15 is 0 Å². The van der Waals surface area contributed by atoms with Gasteiger partial charge in [0.05, 0.1) is 14.2 Å². The predicted octanol–water partition coefficient (Wildman–Crippen LogP) is 1.47. The van der Waals surface area contributed by atoms with Gasteiger partial charge in [0.15, 0.2) is 0 Å². The maximum atomic E-state index is 10.7. The molecular weight excluding hydrogens is 206 g/mol. The Labute approximate surface area is 94.9 Å². The van der Waals surface area contributed by atoms with Crippen LogP contribution in [0.1, 0.15) is 5.56 Å². The van der Waals surface area contributed by atoms with E-state index < -0.39 is 0 Å². The highest BCUT2D eigenvalue weighted by Crippen LogP contribution is 2.10. The molecule has 1 N–H and O–H groups in total. The van der Waals surface area contributed by atoms with Crippen molar-refractivity contribution in [2.75, 3.05) is 14.2 Å². The number of benzene rings is 1. The SMILES string of the molecule is COC(=O)C=CNCc1ccc(OC)cc1. The normalized spacial score (nSPS) is 10.1. The zero-order chi connectivity index (χ0) is 11.8. The van der Waals surface area contributed by atoms with Crippen molar-refractivity contribution >= 4 is 5.97 Å². The molecule has 86 valence electrons. The van der Waals surface area contributed by atoms with E-state index in [1.54, 1.807) is 13.3 Å². The number of ether oxygens (including phenoxy) is 2. The summed E-state index contributed by atoms with van der Waals surface area (Å²) in [6.07, 6.45) is 2.90. The Morgan fingerprint density at radius 1 is 1.31 bits per heavy atom. The molecule has 0 saturated heterocycles. The van der Waals surface area contributed by atoms with Gasteiger partial charge in [0.2, 0.25) is 0 Å². The van der Waals surface area contributed by atoms with Gasteiger partial charge in [-0.1, -0.05) is 12.1 Å². The molecule has 1 aromatic carbocycles. The van der Waals surface area contributed by atoms with Crippen molar-refractivity contribution in [2.24, 2.45) is 0 Å². The Bertz CT molecular complexity index is 357. The van der Waals surface area contributed by atoms with Gasteiger partial charge in [-0.25, -0.2) is 4.79 Å². The fourth-order valence-electron chi connectivity index (χ4n) is 1.12. The molecule has 0 spiro atoms. The molecule has 0 aromatic heterocycles. The number of carbonyl (C=O) groups is 1. The Morgan fingerprint density at radius 3 is 2.56 bits per heavy atom. The predicted molar refractivity (Wildman–Crippen MR) is 61.0 cm³/mol. The maximum Gasteiger partial charge on any atom is 0.331 e. The largest absolute Gasteiger partial charge is 0.497 e. The molecule has 0 bridgehead atoms. The van der Waals surface area contributed by atoms with Crippen LogP contribution in [0.15, 0.2) is 36.5 Å². The Kier molecular flexibility index (Phi) is 4.92.